The van der Waals surface area contributed by atoms with E-state index in [4.69, 9.17) is 18.9 Å². The number of rotatable bonds is 4. The van der Waals surface area contributed by atoms with Gasteiger partial charge in [0.05, 0.1) is 26.4 Å². The molecule has 0 spiro atoms. The van der Waals surface area contributed by atoms with Gasteiger partial charge in [0.25, 0.3) is 0 Å². The third-order valence-corrected chi connectivity index (χ3v) is 8.93. The highest BCUT2D eigenvalue weighted by Crippen LogP contribution is 2.79. The predicted molar refractivity (Wildman–Crippen MR) is 135 cm³/mol. The Morgan fingerprint density at radius 1 is 0.583 bits per heavy atom. The van der Waals surface area contributed by atoms with E-state index in [1.807, 2.05) is 0 Å². The Bertz CT molecular complexity index is 1390. The van der Waals surface area contributed by atoms with Gasteiger partial charge in [0.15, 0.2) is 11.5 Å². The molecule has 2 fully saturated rings. The molecule has 4 aromatic carbocycles. The van der Waals surface area contributed by atoms with Gasteiger partial charge in [-0.2, -0.15) is 0 Å². The van der Waals surface area contributed by atoms with Crippen molar-refractivity contribution in [1.82, 2.24) is 0 Å². The Morgan fingerprint density at radius 3 is 1.42 bits per heavy atom. The van der Waals surface area contributed by atoms with E-state index in [1.165, 1.54) is 11.1 Å². The maximum atomic E-state index is 7.58. The number of hydrogen-bond donors (Lipinski definition) is 0. The summed E-state index contributed by atoms with van der Waals surface area (Å²) in [5, 5.41) is 0. The van der Waals surface area contributed by atoms with Crippen LogP contribution in [0.4, 0.5) is 0 Å². The minimum atomic E-state index is -0.677. The van der Waals surface area contributed by atoms with Gasteiger partial charge in [-0.05, 0) is 45.5 Å². The van der Waals surface area contributed by atoms with Crippen molar-refractivity contribution in [3.63, 3.8) is 0 Å². The van der Waals surface area contributed by atoms with Crippen LogP contribution in [-0.4, -0.2) is 14.2 Å². The molecule has 0 unspecified atom stereocenters. The van der Waals surface area contributed by atoms with Crippen molar-refractivity contribution in [3.05, 3.63) is 130 Å². The van der Waals surface area contributed by atoms with E-state index in [0.29, 0.717) is 11.5 Å². The highest BCUT2D eigenvalue weighted by atomic mass is 16.6. The quantitative estimate of drug-likeness (QED) is 0.348. The summed E-state index contributed by atoms with van der Waals surface area (Å²) in [6, 6.07) is 34.3. The monoisotopic (exact) mass is 474 g/mol. The molecule has 0 aliphatic carbocycles. The van der Waals surface area contributed by atoms with Crippen molar-refractivity contribution in [2.45, 2.75) is 23.4 Å². The van der Waals surface area contributed by atoms with Crippen LogP contribution in [-0.2, 0) is 20.7 Å². The second-order valence-electron chi connectivity index (χ2n) is 10.2. The van der Waals surface area contributed by atoms with Gasteiger partial charge in [0.1, 0.15) is 11.2 Å². The van der Waals surface area contributed by atoms with Gasteiger partial charge in [-0.25, -0.2) is 0 Å². The lowest BCUT2D eigenvalue weighted by atomic mass is 9.55. The molecule has 4 aromatic rings. The van der Waals surface area contributed by atoms with Crippen LogP contribution in [0.25, 0.3) is 0 Å². The fourth-order valence-electron chi connectivity index (χ4n) is 7.74. The summed E-state index contributed by atoms with van der Waals surface area (Å²) < 4.78 is 26.1. The molecule has 2 saturated heterocycles. The molecule has 4 heterocycles. The average molecular weight is 475 g/mol. The van der Waals surface area contributed by atoms with Gasteiger partial charge >= 0.3 is 0 Å². The third kappa shape index (κ3) is 2.20. The highest BCUT2D eigenvalue weighted by Gasteiger charge is 2.78. The molecule has 4 nitrogen and oxygen atoms in total. The van der Waals surface area contributed by atoms with Crippen LogP contribution in [0.15, 0.2) is 97.1 Å². The molecule has 0 aromatic heterocycles. The van der Waals surface area contributed by atoms with E-state index < -0.39 is 11.2 Å². The molecule has 4 aliphatic rings. The van der Waals surface area contributed by atoms with Crippen molar-refractivity contribution in [1.29, 1.82) is 0 Å². The van der Waals surface area contributed by atoms with Crippen LogP contribution in [0.3, 0.4) is 0 Å². The highest BCUT2D eigenvalue weighted by molar-refractivity contribution is 5.64. The second kappa shape index (κ2) is 7.00. The normalized spacial score (nSPS) is 32.2. The number of ether oxygens (including phenoxy) is 4. The van der Waals surface area contributed by atoms with Crippen LogP contribution in [0.1, 0.15) is 45.6 Å². The van der Waals surface area contributed by atoms with E-state index in [0.717, 1.165) is 22.3 Å². The average Bonchev–Trinajstić information content (AvgIpc) is 3.68. The fraction of sp³-hybridized carbons (Fsp3) is 0.250. The molecule has 4 aliphatic heterocycles. The Morgan fingerprint density at radius 2 is 1.00 bits per heavy atom. The standard InChI is InChI=1S/C32H26O4/c1-33-25-17-23-24(18-26(25)34-2)32(20-13-7-4-8-14-20)28-27(31(23,36-32)19-11-5-3-6-12-19)29-21-15-9-10-16-22(21)30(28)35-29/h3-18,27-30H,1-2H3/t27-,28+,29+,30-,31-,32+. The minimum absolute atomic E-state index is 0.0387. The predicted octanol–water partition coefficient (Wildman–Crippen LogP) is 6.29. The molecule has 0 N–H and O–H groups in total. The zero-order valence-electron chi connectivity index (χ0n) is 20.2. The van der Waals surface area contributed by atoms with Gasteiger partial charge < -0.3 is 18.9 Å². The summed E-state index contributed by atoms with van der Waals surface area (Å²) in [5.41, 5.74) is 5.82. The van der Waals surface area contributed by atoms with E-state index in [9.17, 15) is 0 Å². The summed E-state index contributed by atoms with van der Waals surface area (Å²) in [6.45, 7) is 0. The van der Waals surface area contributed by atoms with Gasteiger partial charge in [-0.3, -0.25) is 0 Å². The number of fused-ring (bicyclic) bond motifs is 15. The smallest absolute Gasteiger partial charge is 0.161 e. The number of methoxy groups -OCH3 is 2. The van der Waals surface area contributed by atoms with Gasteiger partial charge in [-0.1, -0.05) is 84.9 Å². The maximum Gasteiger partial charge on any atom is 0.161 e. The molecule has 0 amide bonds. The van der Waals surface area contributed by atoms with Crippen LogP contribution in [0.2, 0.25) is 0 Å². The van der Waals surface area contributed by atoms with E-state index >= 15 is 0 Å². The van der Waals surface area contributed by atoms with Crippen LogP contribution < -0.4 is 9.47 Å². The van der Waals surface area contributed by atoms with Crippen molar-refractivity contribution < 1.29 is 18.9 Å². The topological polar surface area (TPSA) is 36.9 Å². The largest absolute Gasteiger partial charge is 0.493 e. The summed E-state index contributed by atoms with van der Waals surface area (Å²) >= 11 is 0. The molecule has 0 radical (unpaired) electrons. The first-order chi connectivity index (χ1) is 17.7. The van der Waals surface area contributed by atoms with Crippen molar-refractivity contribution >= 4 is 0 Å². The lowest BCUT2D eigenvalue weighted by molar-refractivity contribution is -0.102. The van der Waals surface area contributed by atoms with Crippen molar-refractivity contribution in [2.75, 3.05) is 14.2 Å². The molecule has 4 bridgehead atoms. The zero-order chi connectivity index (χ0) is 24.1. The Kier molecular flexibility index (Phi) is 4.00. The Labute approximate surface area is 210 Å². The fourth-order valence-corrected chi connectivity index (χ4v) is 7.74. The maximum absolute atomic E-state index is 7.58. The number of hydrogen-bond acceptors (Lipinski definition) is 4. The first-order valence-electron chi connectivity index (χ1n) is 12.6. The Balaban J connectivity index is 1.50. The van der Waals surface area contributed by atoms with Gasteiger partial charge in [-0.15, -0.1) is 0 Å². The SMILES string of the molecule is COc1cc2c(cc1OC)[C@]1(c3ccccc3)O[C@@]2(c2ccccc2)[C@@H]2[C@H]1[C@@H]1O[C@H]2c2ccccc21. The van der Waals surface area contributed by atoms with Crippen molar-refractivity contribution in [3.8, 4) is 11.5 Å². The molecule has 178 valence electrons. The summed E-state index contributed by atoms with van der Waals surface area (Å²) in [4.78, 5) is 0. The van der Waals surface area contributed by atoms with Gasteiger partial charge in [0, 0.05) is 11.8 Å². The van der Waals surface area contributed by atoms with E-state index in [2.05, 4.69) is 97.1 Å². The van der Waals surface area contributed by atoms with Crippen LogP contribution in [0.5, 0.6) is 11.5 Å². The van der Waals surface area contributed by atoms with E-state index in [1.54, 1.807) is 14.2 Å². The second-order valence-corrected chi connectivity index (χ2v) is 10.2. The Hall–Kier alpha value is -3.60. The molecular weight excluding hydrogens is 448 g/mol. The minimum Gasteiger partial charge on any atom is -0.493 e. The van der Waals surface area contributed by atoms with E-state index in [-0.39, 0.29) is 24.0 Å². The van der Waals surface area contributed by atoms with Crippen LogP contribution in [0, 0.1) is 11.8 Å². The van der Waals surface area contributed by atoms with Crippen molar-refractivity contribution in [2.24, 2.45) is 11.8 Å². The molecule has 0 saturated carbocycles. The molecule has 6 atom stereocenters. The zero-order valence-corrected chi connectivity index (χ0v) is 20.2. The first kappa shape index (κ1) is 20.6. The van der Waals surface area contributed by atoms with Crippen LogP contribution >= 0.6 is 0 Å². The third-order valence-electron chi connectivity index (χ3n) is 8.93. The van der Waals surface area contributed by atoms with Gasteiger partial charge in [0.2, 0.25) is 0 Å². The molecule has 36 heavy (non-hydrogen) atoms. The summed E-state index contributed by atoms with van der Waals surface area (Å²) in [7, 11) is 3.39. The first-order valence-corrected chi connectivity index (χ1v) is 12.6. The number of benzene rings is 4. The summed E-state index contributed by atoms with van der Waals surface area (Å²) in [6.07, 6.45) is -0.0773. The molecule has 8 rings (SSSR count). The molecular formula is C32H26O4. The molecule has 4 heteroatoms. The lowest BCUT2D eigenvalue weighted by Gasteiger charge is -2.42. The summed E-state index contributed by atoms with van der Waals surface area (Å²) in [5.74, 6) is 1.66. The lowest BCUT2D eigenvalue weighted by Crippen LogP contribution is -2.43.